The Morgan fingerprint density at radius 3 is 2.75 bits per heavy atom. The van der Waals surface area contributed by atoms with E-state index in [1.54, 1.807) is 6.92 Å². The van der Waals surface area contributed by atoms with Gasteiger partial charge in [-0.3, -0.25) is 0 Å². The minimum atomic E-state index is -4.30. The van der Waals surface area contributed by atoms with Crippen LogP contribution in [0.2, 0.25) is 0 Å². The number of carbonyl (C=O) groups excluding carboxylic acids is 1. The van der Waals surface area contributed by atoms with Crippen LogP contribution in [0, 0.1) is 5.92 Å². The van der Waals surface area contributed by atoms with Crippen molar-refractivity contribution in [2.75, 3.05) is 12.4 Å². The lowest BCUT2D eigenvalue weighted by molar-refractivity contribution is -0.176. The molecular formula is C13H18F3NO2S. The van der Waals surface area contributed by atoms with Gasteiger partial charge in [-0.2, -0.15) is 13.2 Å². The SMILES string of the molecule is C=C1CC(C(F)(F)F)CCCS/C(N)=C\1C(=O)OCC. The third-order valence-corrected chi connectivity index (χ3v) is 4.00. The molecule has 114 valence electrons. The quantitative estimate of drug-likeness (QED) is 0.795. The lowest BCUT2D eigenvalue weighted by Gasteiger charge is -2.21. The number of ether oxygens (including phenoxy) is 1. The highest BCUT2D eigenvalue weighted by Crippen LogP contribution is 2.38. The first-order valence-corrected chi connectivity index (χ1v) is 7.30. The largest absolute Gasteiger partial charge is 0.462 e. The van der Waals surface area contributed by atoms with Crippen LogP contribution in [-0.4, -0.2) is 24.5 Å². The van der Waals surface area contributed by atoms with Gasteiger partial charge in [0.2, 0.25) is 0 Å². The molecule has 0 saturated heterocycles. The van der Waals surface area contributed by atoms with Crippen LogP contribution in [0.15, 0.2) is 22.8 Å². The van der Waals surface area contributed by atoms with Crippen LogP contribution in [0.1, 0.15) is 26.2 Å². The molecule has 1 rings (SSSR count). The van der Waals surface area contributed by atoms with Crippen molar-refractivity contribution in [1.29, 1.82) is 0 Å². The molecule has 20 heavy (non-hydrogen) atoms. The highest BCUT2D eigenvalue weighted by molar-refractivity contribution is 8.03. The Morgan fingerprint density at radius 2 is 2.20 bits per heavy atom. The Bertz CT molecular complexity index is 418. The Hall–Kier alpha value is -1.11. The zero-order chi connectivity index (χ0) is 15.3. The standard InChI is InChI=1S/C13H18F3NO2S/c1-3-19-12(18)10-8(2)7-9(13(14,15)16)5-4-6-20-11(10)17/h9H,2-7,17H2,1H3/b11-10+. The van der Waals surface area contributed by atoms with E-state index in [0.29, 0.717) is 12.2 Å². The molecule has 0 bridgehead atoms. The molecule has 0 aliphatic carbocycles. The number of halogens is 3. The van der Waals surface area contributed by atoms with E-state index in [2.05, 4.69) is 6.58 Å². The number of carbonyl (C=O) groups is 1. The second kappa shape index (κ2) is 7.06. The van der Waals surface area contributed by atoms with E-state index in [1.807, 2.05) is 0 Å². The smallest absolute Gasteiger partial charge is 0.392 e. The minimum absolute atomic E-state index is 0.00648. The second-order valence-corrected chi connectivity index (χ2v) is 5.63. The number of hydrogen-bond donors (Lipinski definition) is 1. The minimum Gasteiger partial charge on any atom is -0.462 e. The lowest BCUT2D eigenvalue weighted by atomic mass is 9.92. The zero-order valence-corrected chi connectivity index (χ0v) is 12.1. The number of esters is 1. The van der Waals surface area contributed by atoms with Gasteiger partial charge in [0.05, 0.1) is 23.1 Å². The summed E-state index contributed by atoms with van der Waals surface area (Å²) in [5.74, 6) is -1.76. The van der Waals surface area contributed by atoms with Crippen molar-refractivity contribution in [3.63, 3.8) is 0 Å². The maximum absolute atomic E-state index is 12.9. The van der Waals surface area contributed by atoms with E-state index >= 15 is 0 Å². The van der Waals surface area contributed by atoms with E-state index in [0.717, 1.165) is 0 Å². The van der Waals surface area contributed by atoms with E-state index in [4.69, 9.17) is 10.5 Å². The first-order valence-electron chi connectivity index (χ1n) is 6.31. The lowest BCUT2D eigenvalue weighted by Crippen LogP contribution is -2.24. The van der Waals surface area contributed by atoms with Gasteiger partial charge in [0.1, 0.15) is 0 Å². The van der Waals surface area contributed by atoms with Crippen molar-refractivity contribution in [1.82, 2.24) is 0 Å². The molecule has 7 heteroatoms. The first-order chi connectivity index (χ1) is 9.27. The first kappa shape index (κ1) is 16.9. The number of thioether (sulfide) groups is 1. The Morgan fingerprint density at radius 1 is 1.55 bits per heavy atom. The molecule has 0 fully saturated rings. The normalized spacial score (nSPS) is 25.6. The van der Waals surface area contributed by atoms with Crippen LogP contribution in [-0.2, 0) is 9.53 Å². The van der Waals surface area contributed by atoms with Gasteiger partial charge in [0, 0.05) is 0 Å². The van der Waals surface area contributed by atoms with Gasteiger partial charge in [-0.15, -0.1) is 11.8 Å². The van der Waals surface area contributed by atoms with Gasteiger partial charge in [-0.25, -0.2) is 4.79 Å². The van der Waals surface area contributed by atoms with Crippen LogP contribution in [0.5, 0.6) is 0 Å². The number of alkyl halides is 3. The summed E-state index contributed by atoms with van der Waals surface area (Å²) in [5, 5.41) is 0.191. The van der Waals surface area contributed by atoms with Crippen LogP contribution in [0.4, 0.5) is 13.2 Å². The summed E-state index contributed by atoms with van der Waals surface area (Å²) in [4.78, 5) is 11.8. The second-order valence-electron chi connectivity index (χ2n) is 4.50. The van der Waals surface area contributed by atoms with Crippen LogP contribution < -0.4 is 5.73 Å². The summed E-state index contributed by atoms with van der Waals surface area (Å²) in [5.41, 5.74) is 5.88. The van der Waals surface area contributed by atoms with Gasteiger partial charge in [-0.05, 0) is 37.5 Å². The molecule has 1 aliphatic rings. The van der Waals surface area contributed by atoms with E-state index in [1.165, 1.54) is 11.8 Å². The maximum Gasteiger partial charge on any atom is 0.392 e. The zero-order valence-electron chi connectivity index (χ0n) is 11.3. The van der Waals surface area contributed by atoms with Gasteiger partial charge < -0.3 is 10.5 Å². The van der Waals surface area contributed by atoms with E-state index in [9.17, 15) is 18.0 Å². The summed E-state index contributed by atoms with van der Waals surface area (Å²) >= 11 is 1.17. The van der Waals surface area contributed by atoms with Crippen LogP contribution in [0.25, 0.3) is 0 Å². The van der Waals surface area contributed by atoms with E-state index < -0.39 is 18.1 Å². The molecule has 0 radical (unpaired) electrons. The molecule has 1 unspecified atom stereocenters. The molecule has 0 spiro atoms. The van der Waals surface area contributed by atoms with Crippen LogP contribution in [0.3, 0.4) is 0 Å². The van der Waals surface area contributed by atoms with Crippen LogP contribution >= 0.6 is 11.8 Å². The molecule has 0 amide bonds. The van der Waals surface area contributed by atoms with Crippen molar-refractivity contribution in [2.24, 2.45) is 11.7 Å². The fourth-order valence-electron chi connectivity index (χ4n) is 1.99. The average molecular weight is 309 g/mol. The number of nitrogens with two attached hydrogens (primary N) is 1. The Labute approximate surface area is 120 Å². The van der Waals surface area contributed by atoms with Gasteiger partial charge in [0.25, 0.3) is 0 Å². The van der Waals surface area contributed by atoms with Crippen molar-refractivity contribution in [3.8, 4) is 0 Å². The summed E-state index contributed by atoms with van der Waals surface area (Å²) in [6.07, 6.45) is -4.22. The Kier molecular flexibility index (Phi) is 5.98. The van der Waals surface area contributed by atoms with Crippen molar-refractivity contribution in [3.05, 3.63) is 22.8 Å². The molecule has 0 aromatic carbocycles. The van der Waals surface area contributed by atoms with Gasteiger partial charge >= 0.3 is 12.1 Å². The maximum atomic E-state index is 12.9. The third-order valence-electron chi connectivity index (χ3n) is 2.99. The molecule has 1 heterocycles. The van der Waals surface area contributed by atoms with Gasteiger partial charge in [0.15, 0.2) is 0 Å². The number of rotatable bonds is 2. The molecule has 0 aromatic rings. The average Bonchev–Trinajstić information content (AvgIpc) is 2.38. The fourth-order valence-corrected chi connectivity index (χ4v) is 2.89. The molecular weight excluding hydrogens is 291 g/mol. The van der Waals surface area contributed by atoms with Gasteiger partial charge in [-0.1, -0.05) is 6.58 Å². The summed E-state index contributed by atoms with van der Waals surface area (Å²) < 4.78 is 43.6. The molecule has 1 atom stereocenters. The van der Waals surface area contributed by atoms with Crippen molar-refractivity contribution >= 4 is 17.7 Å². The van der Waals surface area contributed by atoms with Crippen molar-refractivity contribution < 1.29 is 22.7 Å². The summed E-state index contributed by atoms with van der Waals surface area (Å²) in [7, 11) is 0. The highest BCUT2D eigenvalue weighted by Gasteiger charge is 2.40. The Balaban J connectivity index is 3.03. The highest BCUT2D eigenvalue weighted by atomic mass is 32.2. The topological polar surface area (TPSA) is 52.3 Å². The third kappa shape index (κ3) is 4.47. The predicted molar refractivity (Wildman–Crippen MR) is 72.8 cm³/mol. The molecule has 1 aliphatic heterocycles. The summed E-state index contributed by atoms with van der Waals surface area (Å²) in [6.45, 7) is 5.36. The molecule has 0 saturated carbocycles. The van der Waals surface area contributed by atoms with E-state index in [-0.39, 0.29) is 35.6 Å². The van der Waals surface area contributed by atoms with Crippen molar-refractivity contribution in [2.45, 2.75) is 32.4 Å². The number of hydrogen-bond acceptors (Lipinski definition) is 4. The predicted octanol–water partition coefficient (Wildman–Crippen LogP) is 3.37. The molecule has 0 aromatic heterocycles. The summed E-state index contributed by atoms with van der Waals surface area (Å²) in [6, 6.07) is 0. The fraction of sp³-hybridized carbons (Fsp3) is 0.615. The monoisotopic (exact) mass is 309 g/mol. The molecule has 2 N–H and O–H groups in total. The molecule has 3 nitrogen and oxygen atoms in total.